The molecule has 1 saturated carbocycles. The third kappa shape index (κ3) is 1.53. The molecule has 13 heavy (non-hydrogen) atoms. The first kappa shape index (κ1) is 8.54. The number of hydrogen-bond acceptors (Lipinski definition) is 2. The van der Waals surface area contributed by atoms with E-state index < -0.39 is 0 Å². The van der Waals surface area contributed by atoms with Gasteiger partial charge in [-0.05, 0) is 25.0 Å². The first-order valence-electron chi connectivity index (χ1n) is 4.88. The van der Waals surface area contributed by atoms with Crippen molar-refractivity contribution in [2.24, 2.45) is 5.41 Å². The Morgan fingerprint density at radius 1 is 1.15 bits per heavy atom. The van der Waals surface area contributed by atoms with Crippen LogP contribution in [0.3, 0.4) is 0 Å². The molecule has 1 fully saturated rings. The maximum Gasteiger partial charge on any atom is 0.146 e. The average molecular weight is 178 g/mol. The predicted molar refractivity (Wildman–Crippen MR) is 49.9 cm³/mol. The molecule has 0 atom stereocenters. The van der Waals surface area contributed by atoms with Gasteiger partial charge in [0.1, 0.15) is 5.78 Å². The molecular weight excluding hydrogens is 164 g/mol. The van der Waals surface area contributed by atoms with Crippen LogP contribution < -0.4 is 0 Å². The molecule has 0 saturated heterocycles. The second kappa shape index (κ2) is 3.36. The lowest BCUT2D eigenvalue weighted by atomic mass is 9.79. The summed E-state index contributed by atoms with van der Waals surface area (Å²) in [5, 5.41) is 0. The molecule has 1 heterocycles. The number of carbonyl (C=O) groups is 1. The van der Waals surface area contributed by atoms with Gasteiger partial charge in [0.05, 0.1) is 17.9 Å². The summed E-state index contributed by atoms with van der Waals surface area (Å²) >= 11 is 0. The summed E-state index contributed by atoms with van der Waals surface area (Å²) in [6, 6.07) is 0. The van der Waals surface area contributed by atoms with Crippen LogP contribution in [0.2, 0.25) is 0 Å². The van der Waals surface area contributed by atoms with Crippen LogP contribution in [0.5, 0.6) is 0 Å². The highest BCUT2D eigenvalue weighted by atomic mass is 16.5. The molecule has 2 heteroatoms. The van der Waals surface area contributed by atoms with E-state index >= 15 is 0 Å². The summed E-state index contributed by atoms with van der Waals surface area (Å²) < 4.78 is 4.97. The van der Waals surface area contributed by atoms with E-state index in [1.807, 2.05) is 12.2 Å². The van der Waals surface area contributed by atoms with E-state index in [2.05, 4.69) is 0 Å². The molecule has 0 unspecified atom stereocenters. The standard InChI is InChI=1S/C11H14O2/c12-10-4-2-1-3-5-11(10)6-8-13-9-7-11/h6-9H,1-5H2. The zero-order chi connectivity index (χ0) is 9.15. The monoisotopic (exact) mass is 178 g/mol. The molecule has 1 aliphatic carbocycles. The Bertz CT molecular complexity index is 251. The molecule has 2 aliphatic rings. The Morgan fingerprint density at radius 2 is 1.92 bits per heavy atom. The molecule has 2 rings (SSSR count). The van der Waals surface area contributed by atoms with Gasteiger partial charge in [-0.15, -0.1) is 0 Å². The number of hydrogen-bond donors (Lipinski definition) is 0. The second-order valence-electron chi connectivity index (χ2n) is 3.77. The summed E-state index contributed by atoms with van der Waals surface area (Å²) in [4.78, 5) is 11.8. The third-order valence-corrected chi connectivity index (χ3v) is 2.90. The van der Waals surface area contributed by atoms with E-state index in [0.29, 0.717) is 12.2 Å². The maximum absolute atomic E-state index is 11.8. The zero-order valence-corrected chi connectivity index (χ0v) is 7.66. The van der Waals surface area contributed by atoms with Gasteiger partial charge in [0, 0.05) is 6.42 Å². The normalized spacial score (nSPS) is 25.7. The largest absolute Gasteiger partial charge is 0.473 e. The van der Waals surface area contributed by atoms with Crippen LogP contribution >= 0.6 is 0 Å². The van der Waals surface area contributed by atoms with Gasteiger partial charge < -0.3 is 4.74 Å². The first-order chi connectivity index (χ1) is 6.33. The summed E-state index contributed by atoms with van der Waals surface area (Å²) in [5.74, 6) is 0.348. The molecular formula is C11H14O2. The number of allylic oxidation sites excluding steroid dienone is 2. The summed E-state index contributed by atoms with van der Waals surface area (Å²) in [7, 11) is 0. The topological polar surface area (TPSA) is 26.3 Å². The van der Waals surface area contributed by atoms with Gasteiger partial charge in [0.2, 0.25) is 0 Å². The van der Waals surface area contributed by atoms with Crippen LogP contribution in [0.1, 0.15) is 32.1 Å². The van der Waals surface area contributed by atoms with Crippen LogP contribution in [-0.4, -0.2) is 5.78 Å². The fourth-order valence-corrected chi connectivity index (χ4v) is 2.03. The van der Waals surface area contributed by atoms with E-state index in [1.54, 1.807) is 12.5 Å². The zero-order valence-electron chi connectivity index (χ0n) is 7.66. The smallest absolute Gasteiger partial charge is 0.146 e. The number of ether oxygens (including phenoxy) is 1. The van der Waals surface area contributed by atoms with Crippen LogP contribution in [0.15, 0.2) is 24.7 Å². The molecule has 70 valence electrons. The Balaban J connectivity index is 2.25. The number of carbonyl (C=O) groups excluding carboxylic acids is 1. The van der Waals surface area contributed by atoms with E-state index in [9.17, 15) is 4.79 Å². The Hall–Kier alpha value is -1.05. The van der Waals surface area contributed by atoms with E-state index in [-0.39, 0.29) is 5.41 Å². The van der Waals surface area contributed by atoms with Gasteiger partial charge in [-0.25, -0.2) is 0 Å². The van der Waals surface area contributed by atoms with Crippen molar-refractivity contribution in [3.8, 4) is 0 Å². The second-order valence-corrected chi connectivity index (χ2v) is 3.77. The van der Waals surface area contributed by atoms with Gasteiger partial charge in [0.15, 0.2) is 0 Å². The van der Waals surface area contributed by atoms with E-state index in [1.165, 1.54) is 6.42 Å². The molecule has 0 radical (unpaired) electrons. The van der Waals surface area contributed by atoms with Crippen molar-refractivity contribution in [1.29, 1.82) is 0 Å². The highest BCUT2D eigenvalue weighted by Gasteiger charge is 2.34. The Morgan fingerprint density at radius 3 is 2.69 bits per heavy atom. The first-order valence-corrected chi connectivity index (χ1v) is 4.88. The number of Topliss-reactive ketones (excluding diaryl/α,β-unsaturated/α-hetero) is 1. The molecule has 1 aliphatic heterocycles. The molecule has 0 N–H and O–H groups in total. The average Bonchev–Trinajstić information content (AvgIpc) is 2.33. The molecule has 2 nitrogen and oxygen atoms in total. The molecule has 0 bridgehead atoms. The summed E-state index contributed by atoms with van der Waals surface area (Å²) in [6.07, 6.45) is 12.1. The number of rotatable bonds is 0. The minimum absolute atomic E-state index is 0.325. The fourth-order valence-electron chi connectivity index (χ4n) is 2.03. The molecule has 0 aromatic carbocycles. The van der Waals surface area contributed by atoms with Gasteiger partial charge in [0.25, 0.3) is 0 Å². The van der Waals surface area contributed by atoms with Crippen molar-refractivity contribution in [1.82, 2.24) is 0 Å². The third-order valence-electron chi connectivity index (χ3n) is 2.90. The van der Waals surface area contributed by atoms with Gasteiger partial charge in [-0.2, -0.15) is 0 Å². The van der Waals surface area contributed by atoms with E-state index in [4.69, 9.17) is 4.74 Å². The maximum atomic E-state index is 11.8. The summed E-state index contributed by atoms with van der Waals surface area (Å²) in [5.41, 5.74) is -0.325. The SMILES string of the molecule is O=C1CCCCCC12C=COC=C2. The van der Waals surface area contributed by atoms with Crippen molar-refractivity contribution in [3.63, 3.8) is 0 Å². The molecule has 1 spiro atoms. The fraction of sp³-hybridized carbons (Fsp3) is 0.545. The number of ketones is 1. The predicted octanol–water partition coefficient (Wildman–Crippen LogP) is 2.56. The van der Waals surface area contributed by atoms with Crippen molar-refractivity contribution >= 4 is 5.78 Å². The van der Waals surface area contributed by atoms with E-state index in [0.717, 1.165) is 19.3 Å². The lowest BCUT2D eigenvalue weighted by Gasteiger charge is -2.25. The highest BCUT2D eigenvalue weighted by Crippen LogP contribution is 2.36. The van der Waals surface area contributed by atoms with Crippen molar-refractivity contribution < 1.29 is 9.53 Å². The molecule has 0 aromatic rings. The van der Waals surface area contributed by atoms with Gasteiger partial charge in [-0.3, -0.25) is 4.79 Å². The summed E-state index contributed by atoms with van der Waals surface area (Å²) in [6.45, 7) is 0. The van der Waals surface area contributed by atoms with Crippen molar-refractivity contribution in [2.45, 2.75) is 32.1 Å². The highest BCUT2D eigenvalue weighted by molar-refractivity contribution is 5.89. The quantitative estimate of drug-likeness (QED) is 0.569. The lowest BCUT2D eigenvalue weighted by molar-refractivity contribution is -0.124. The lowest BCUT2D eigenvalue weighted by Crippen LogP contribution is -2.26. The molecule has 0 amide bonds. The Kier molecular flexibility index (Phi) is 2.21. The minimum atomic E-state index is -0.325. The molecule has 0 aromatic heterocycles. The van der Waals surface area contributed by atoms with Crippen molar-refractivity contribution in [3.05, 3.63) is 24.7 Å². The van der Waals surface area contributed by atoms with Crippen molar-refractivity contribution in [2.75, 3.05) is 0 Å². The minimum Gasteiger partial charge on any atom is -0.473 e. The van der Waals surface area contributed by atoms with Gasteiger partial charge >= 0.3 is 0 Å². The van der Waals surface area contributed by atoms with Crippen LogP contribution in [0, 0.1) is 5.41 Å². The van der Waals surface area contributed by atoms with Gasteiger partial charge in [-0.1, -0.05) is 12.8 Å². The van der Waals surface area contributed by atoms with Crippen LogP contribution in [-0.2, 0) is 9.53 Å². The van der Waals surface area contributed by atoms with Crippen LogP contribution in [0.25, 0.3) is 0 Å². The Labute approximate surface area is 78.3 Å². The van der Waals surface area contributed by atoms with Crippen LogP contribution in [0.4, 0.5) is 0 Å².